The molecule has 1 aromatic carbocycles. The molecule has 0 aliphatic carbocycles. The highest BCUT2D eigenvalue weighted by Gasteiger charge is 2.35. The molecule has 19 heavy (non-hydrogen) atoms. The quantitative estimate of drug-likeness (QED) is 0.507. The maximum absolute atomic E-state index is 12.5. The lowest BCUT2D eigenvalue weighted by atomic mass is 10.0. The first-order valence-corrected chi connectivity index (χ1v) is 9.45. The fourth-order valence-corrected chi connectivity index (χ4v) is 4.93. The molecule has 1 N–H and O–H groups in total. The van der Waals surface area contributed by atoms with E-state index in [9.17, 15) is 4.79 Å². The van der Waals surface area contributed by atoms with Gasteiger partial charge in [-0.05, 0) is 18.2 Å². The van der Waals surface area contributed by atoms with E-state index in [1.165, 1.54) is 0 Å². The number of nitrogens with one attached hydrogen (secondary N) is 1. The topological polar surface area (TPSA) is 32.3 Å². The van der Waals surface area contributed by atoms with Gasteiger partial charge in [-0.15, -0.1) is 0 Å². The maximum Gasteiger partial charge on any atom is 0.254 e. The Morgan fingerprint density at radius 2 is 2.16 bits per heavy atom. The minimum atomic E-state index is 0.0353. The van der Waals surface area contributed by atoms with Gasteiger partial charge < -0.3 is 10.2 Å². The number of alkyl halides is 2. The lowest BCUT2D eigenvalue weighted by molar-refractivity contribution is 0.0663. The van der Waals surface area contributed by atoms with Crippen molar-refractivity contribution in [2.24, 2.45) is 0 Å². The van der Waals surface area contributed by atoms with E-state index in [2.05, 4.69) is 50.5 Å². The SMILES string of the molecule is O=C(c1cccc(Cl)c1)N1CCNC(CI)(CI)C1. The molecule has 0 radical (unpaired) electrons. The Morgan fingerprint density at radius 3 is 2.79 bits per heavy atom. The van der Waals surface area contributed by atoms with Crippen LogP contribution >= 0.6 is 56.8 Å². The van der Waals surface area contributed by atoms with Gasteiger partial charge in [0.05, 0.1) is 5.54 Å². The molecule has 0 saturated carbocycles. The second kappa shape index (κ2) is 6.91. The summed E-state index contributed by atoms with van der Waals surface area (Å²) < 4.78 is 1.99. The van der Waals surface area contributed by atoms with Gasteiger partial charge in [0.15, 0.2) is 0 Å². The summed E-state index contributed by atoms with van der Waals surface area (Å²) in [5.74, 6) is 0.0723. The molecule has 6 heteroatoms. The lowest BCUT2D eigenvalue weighted by Gasteiger charge is -2.42. The number of nitrogens with zero attached hydrogens (tertiary/aromatic N) is 1. The molecule has 1 heterocycles. The van der Waals surface area contributed by atoms with E-state index in [-0.39, 0.29) is 11.4 Å². The van der Waals surface area contributed by atoms with Gasteiger partial charge in [0.2, 0.25) is 0 Å². The van der Waals surface area contributed by atoms with E-state index < -0.39 is 0 Å². The largest absolute Gasteiger partial charge is 0.335 e. The molecule has 1 saturated heterocycles. The van der Waals surface area contributed by atoms with Gasteiger partial charge >= 0.3 is 0 Å². The van der Waals surface area contributed by atoms with Crippen LogP contribution in [0.4, 0.5) is 0 Å². The summed E-state index contributed by atoms with van der Waals surface area (Å²) in [6.45, 7) is 2.35. The summed E-state index contributed by atoms with van der Waals surface area (Å²) in [7, 11) is 0. The zero-order chi connectivity index (χ0) is 13.9. The third kappa shape index (κ3) is 3.74. The molecule has 1 fully saturated rings. The standard InChI is InChI=1S/C13H15ClI2N2O/c14-11-3-1-2-10(6-11)12(19)18-5-4-17-13(7-15,8-16)9-18/h1-3,6,17H,4-5,7-9H2. The Labute approximate surface area is 145 Å². The van der Waals surface area contributed by atoms with Crippen molar-refractivity contribution in [3.05, 3.63) is 34.9 Å². The van der Waals surface area contributed by atoms with Crippen molar-refractivity contribution in [3.63, 3.8) is 0 Å². The smallest absolute Gasteiger partial charge is 0.254 e. The van der Waals surface area contributed by atoms with Crippen molar-refractivity contribution in [2.45, 2.75) is 5.54 Å². The van der Waals surface area contributed by atoms with Crippen LogP contribution in [0, 0.1) is 0 Å². The number of carbonyl (C=O) groups is 1. The lowest BCUT2D eigenvalue weighted by Crippen LogP contribution is -2.63. The third-order valence-electron chi connectivity index (χ3n) is 3.25. The highest BCUT2D eigenvalue weighted by molar-refractivity contribution is 14.1. The molecular weight excluding hydrogens is 489 g/mol. The Morgan fingerprint density at radius 1 is 1.42 bits per heavy atom. The van der Waals surface area contributed by atoms with E-state index in [0.29, 0.717) is 10.6 Å². The van der Waals surface area contributed by atoms with Gasteiger partial charge in [-0.2, -0.15) is 0 Å². The summed E-state index contributed by atoms with van der Waals surface area (Å²) in [6.07, 6.45) is 0. The molecule has 0 bridgehead atoms. The minimum absolute atomic E-state index is 0.0353. The van der Waals surface area contributed by atoms with Gasteiger partial charge in [-0.3, -0.25) is 4.79 Å². The van der Waals surface area contributed by atoms with Crippen molar-refractivity contribution in [3.8, 4) is 0 Å². The molecule has 1 amide bonds. The molecule has 0 spiro atoms. The first-order chi connectivity index (χ1) is 9.10. The number of hydrogen-bond acceptors (Lipinski definition) is 2. The van der Waals surface area contributed by atoms with Crippen LogP contribution in [-0.2, 0) is 0 Å². The first-order valence-electron chi connectivity index (χ1n) is 6.02. The highest BCUT2D eigenvalue weighted by atomic mass is 127. The minimum Gasteiger partial charge on any atom is -0.335 e. The number of halogens is 3. The van der Waals surface area contributed by atoms with E-state index >= 15 is 0 Å². The molecular formula is C13H15ClI2N2O. The number of piperazine rings is 1. The zero-order valence-corrected chi connectivity index (χ0v) is 15.4. The molecule has 1 aromatic rings. The number of amides is 1. The third-order valence-corrected chi connectivity index (χ3v) is 6.40. The Balaban J connectivity index is 2.15. The monoisotopic (exact) mass is 504 g/mol. The van der Waals surface area contributed by atoms with Crippen LogP contribution < -0.4 is 5.32 Å². The molecule has 3 nitrogen and oxygen atoms in total. The fraction of sp³-hybridized carbons (Fsp3) is 0.462. The molecule has 2 rings (SSSR count). The maximum atomic E-state index is 12.5. The average Bonchev–Trinajstić information content (AvgIpc) is 2.46. The van der Waals surface area contributed by atoms with Crippen LogP contribution in [-0.4, -0.2) is 44.8 Å². The van der Waals surface area contributed by atoms with Crippen molar-refractivity contribution < 1.29 is 4.79 Å². The van der Waals surface area contributed by atoms with Gasteiger partial charge in [0, 0.05) is 39.1 Å². The van der Waals surface area contributed by atoms with Crippen molar-refractivity contribution >= 4 is 62.7 Å². The van der Waals surface area contributed by atoms with Crippen molar-refractivity contribution in [1.29, 1.82) is 0 Å². The van der Waals surface area contributed by atoms with Crippen LogP contribution in [0.5, 0.6) is 0 Å². The van der Waals surface area contributed by atoms with Gasteiger partial charge in [-0.25, -0.2) is 0 Å². The molecule has 0 atom stereocenters. The molecule has 104 valence electrons. The van der Waals surface area contributed by atoms with Gasteiger partial charge in [0.1, 0.15) is 0 Å². The normalized spacial score (nSPS) is 18.4. The van der Waals surface area contributed by atoms with Gasteiger partial charge in [0.25, 0.3) is 5.91 Å². The second-order valence-corrected chi connectivity index (χ2v) is 6.67. The predicted octanol–water partition coefficient (Wildman–Crippen LogP) is 2.99. The Bertz CT molecular complexity index is 466. The molecule has 0 unspecified atom stereocenters. The van der Waals surface area contributed by atoms with Crippen LogP contribution in [0.1, 0.15) is 10.4 Å². The number of carbonyl (C=O) groups excluding carboxylic acids is 1. The number of hydrogen-bond donors (Lipinski definition) is 1. The van der Waals surface area contributed by atoms with Crippen LogP contribution in [0.25, 0.3) is 0 Å². The number of benzene rings is 1. The van der Waals surface area contributed by atoms with E-state index in [0.717, 1.165) is 28.5 Å². The molecule has 1 aliphatic heterocycles. The summed E-state index contributed by atoms with van der Waals surface area (Å²) in [5, 5.41) is 4.15. The predicted molar refractivity (Wildman–Crippen MR) is 95.9 cm³/mol. The van der Waals surface area contributed by atoms with Crippen molar-refractivity contribution in [2.75, 3.05) is 28.5 Å². The van der Waals surface area contributed by atoms with E-state index in [1.54, 1.807) is 12.1 Å². The summed E-state index contributed by atoms with van der Waals surface area (Å²) in [4.78, 5) is 14.4. The summed E-state index contributed by atoms with van der Waals surface area (Å²) >= 11 is 10.7. The molecule has 1 aliphatic rings. The van der Waals surface area contributed by atoms with Gasteiger partial charge in [-0.1, -0.05) is 62.8 Å². The first kappa shape index (κ1) is 15.8. The Kier molecular flexibility index (Phi) is 5.74. The van der Waals surface area contributed by atoms with Crippen LogP contribution in [0.15, 0.2) is 24.3 Å². The fourth-order valence-electron chi connectivity index (χ4n) is 2.15. The van der Waals surface area contributed by atoms with E-state index in [4.69, 9.17) is 11.6 Å². The van der Waals surface area contributed by atoms with Crippen LogP contribution in [0.3, 0.4) is 0 Å². The number of rotatable bonds is 3. The average molecular weight is 505 g/mol. The van der Waals surface area contributed by atoms with Crippen LogP contribution in [0.2, 0.25) is 5.02 Å². The zero-order valence-electron chi connectivity index (χ0n) is 10.3. The van der Waals surface area contributed by atoms with Crippen molar-refractivity contribution in [1.82, 2.24) is 10.2 Å². The second-order valence-electron chi connectivity index (χ2n) is 4.71. The Hall–Kier alpha value is 0.400. The van der Waals surface area contributed by atoms with E-state index in [1.807, 2.05) is 17.0 Å². The molecule has 0 aromatic heterocycles. The summed E-state index contributed by atoms with van der Waals surface area (Å²) in [6, 6.07) is 7.17. The summed E-state index contributed by atoms with van der Waals surface area (Å²) in [5.41, 5.74) is 0.707. The highest BCUT2D eigenvalue weighted by Crippen LogP contribution is 2.20.